The van der Waals surface area contributed by atoms with Crippen molar-refractivity contribution in [3.63, 3.8) is 0 Å². The molecule has 1 nitrogen and oxygen atoms in total. The van der Waals surface area contributed by atoms with Crippen LogP contribution in [0.25, 0.3) is 0 Å². The molecule has 0 saturated heterocycles. The summed E-state index contributed by atoms with van der Waals surface area (Å²) in [6, 6.07) is 0. The van der Waals surface area contributed by atoms with Crippen LogP contribution >= 0.6 is 11.8 Å². The fraction of sp³-hybridized carbons (Fsp3) is 1.00. The van der Waals surface area contributed by atoms with Crippen LogP contribution in [0.5, 0.6) is 0 Å². The summed E-state index contributed by atoms with van der Waals surface area (Å²) in [7, 11) is 0. The van der Waals surface area contributed by atoms with Gasteiger partial charge in [0.2, 0.25) is 0 Å². The van der Waals surface area contributed by atoms with Gasteiger partial charge in [0.15, 0.2) is 0 Å². The molecule has 0 radical (unpaired) electrons. The fourth-order valence-corrected chi connectivity index (χ4v) is 2.09. The van der Waals surface area contributed by atoms with Crippen molar-refractivity contribution in [3.05, 3.63) is 0 Å². The lowest BCUT2D eigenvalue weighted by Gasteiger charge is -2.17. The molecular formula is C12H27NS. The minimum Gasteiger partial charge on any atom is -0.316 e. The summed E-state index contributed by atoms with van der Waals surface area (Å²) in [6.07, 6.45) is 5.45. The molecule has 86 valence electrons. The van der Waals surface area contributed by atoms with Crippen molar-refractivity contribution >= 4 is 11.8 Å². The molecule has 0 amide bonds. The van der Waals surface area contributed by atoms with Crippen molar-refractivity contribution in [1.29, 1.82) is 0 Å². The number of nitrogens with one attached hydrogen (secondary N) is 1. The molecule has 0 aliphatic carbocycles. The van der Waals surface area contributed by atoms with E-state index in [9.17, 15) is 0 Å². The van der Waals surface area contributed by atoms with Crippen molar-refractivity contribution in [2.45, 2.75) is 58.1 Å². The Bertz CT molecular complexity index is 118. The van der Waals surface area contributed by atoms with Crippen LogP contribution in [-0.4, -0.2) is 23.6 Å². The van der Waals surface area contributed by atoms with Crippen LogP contribution < -0.4 is 5.32 Å². The number of rotatable bonds is 8. The first-order chi connectivity index (χ1) is 6.56. The van der Waals surface area contributed by atoms with E-state index < -0.39 is 0 Å². The molecule has 0 aromatic rings. The molecule has 0 aromatic carbocycles. The zero-order valence-electron chi connectivity index (χ0n) is 10.4. The van der Waals surface area contributed by atoms with Gasteiger partial charge in [0.25, 0.3) is 0 Å². The van der Waals surface area contributed by atoms with Crippen LogP contribution in [-0.2, 0) is 0 Å². The standard InChI is InChI=1S/C12H27NS/c1-5-6-7-8-9-13-10-11-14-12(2,3)4/h13H,5-11H2,1-4H3. The molecule has 1 N–H and O–H groups in total. The maximum atomic E-state index is 3.50. The van der Waals surface area contributed by atoms with E-state index in [1.54, 1.807) is 0 Å². The van der Waals surface area contributed by atoms with E-state index in [4.69, 9.17) is 0 Å². The largest absolute Gasteiger partial charge is 0.316 e. The quantitative estimate of drug-likeness (QED) is 0.622. The predicted octanol–water partition coefficient (Wildman–Crippen LogP) is 3.69. The second-order valence-electron chi connectivity index (χ2n) is 4.77. The molecular weight excluding hydrogens is 190 g/mol. The second-order valence-corrected chi connectivity index (χ2v) is 6.69. The summed E-state index contributed by atoms with van der Waals surface area (Å²) in [6.45, 7) is 11.4. The maximum Gasteiger partial charge on any atom is 0.00755 e. The first-order valence-electron chi connectivity index (χ1n) is 5.91. The lowest BCUT2D eigenvalue weighted by molar-refractivity contribution is 0.612. The SMILES string of the molecule is CCCCCCNCCSC(C)(C)C. The van der Waals surface area contributed by atoms with E-state index >= 15 is 0 Å². The Labute approximate surface area is 94.4 Å². The van der Waals surface area contributed by atoms with Gasteiger partial charge in [-0.25, -0.2) is 0 Å². The number of unbranched alkanes of at least 4 members (excludes halogenated alkanes) is 3. The van der Waals surface area contributed by atoms with Gasteiger partial charge in [-0.3, -0.25) is 0 Å². The summed E-state index contributed by atoms with van der Waals surface area (Å²) in [5.41, 5.74) is 0. The Morgan fingerprint density at radius 1 is 1.00 bits per heavy atom. The Kier molecular flexibility index (Phi) is 8.80. The van der Waals surface area contributed by atoms with Crippen LogP contribution in [0.4, 0.5) is 0 Å². The van der Waals surface area contributed by atoms with E-state index in [2.05, 4.69) is 33.0 Å². The van der Waals surface area contributed by atoms with Crippen LogP contribution in [0.3, 0.4) is 0 Å². The van der Waals surface area contributed by atoms with E-state index in [0.717, 1.165) is 6.54 Å². The van der Waals surface area contributed by atoms with Gasteiger partial charge in [-0.15, -0.1) is 0 Å². The number of thioether (sulfide) groups is 1. The van der Waals surface area contributed by atoms with Crippen LogP contribution in [0.2, 0.25) is 0 Å². The Balaban J connectivity index is 2.99. The minimum absolute atomic E-state index is 0.421. The second kappa shape index (κ2) is 8.60. The van der Waals surface area contributed by atoms with E-state index in [1.807, 2.05) is 11.8 Å². The van der Waals surface area contributed by atoms with Gasteiger partial charge < -0.3 is 5.32 Å². The highest BCUT2D eigenvalue weighted by Crippen LogP contribution is 2.21. The predicted molar refractivity (Wildman–Crippen MR) is 69.2 cm³/mol. The van der Waals surface area contributed by atoms with Crippen molar-refractivity contribution in [3.8, 4) is 0 Å². The van der Waals surface area contributed by atoms with Gasteiger partial charge in [-0.05, 0) is 13.0 Å². The summed E-state index contributed by atoms with van der Waals surface area (Å²) < 4.78 is 0.421. The molecule has 2 heteroatoms. The maximum absolute atomic E-state index is 3.50. The first-order valence-corrected chi connectivity index (χ1v) is 6.89. The zero-order chi connectivity index (χ0) is 10.9. The van der Waals surface area contributed by atoms with Gasteiger partial charge >= 0.3 is 0 Å². The average Bonchev–Trinajstić information content (AvgIpc) is 2.08. The summed E-state index contributed by atoms with van der Waals surface area (Å²) >= 11 is 2.04. The molecule has 0 bridgehead atoms. The topological polar surface area (TPSA) is 12.0 Å². The lowest BCUT2D eigenvalue weighted by Crippen LogP contribution is -2.20. The summed E-state index contributed by atoms with van der Waals surface area (Å²) in [4.78, 5) is 0. The van der Waals surface area contributed by atoms with E-state index in [1.165, 1.54) is 38.0 Å². The third-order valence-electron chi connectivity index (χ3n) is 2.02. The molecule has 0 aliphatic heterocycles. The number of hydrogen-bond acceptors (Lipinski definition) is 2. The van der Waals surface area contributed by atoms with Crippen molar-refractivity contribution < 1.29 is 0 Å². The third-order valence-corrected chi connectivity index (χ3v) is 3.30. The van der Waals surface area contributed by atoms with Crippen molar-refractivity contribution in [1.82, 2.24) is 5.32 Å². The molecule has 0 heterocycles. The third kappa shape index (κ3) is 12.3. The molecule has 0 aromatic heterocycles. The normalized spacial score (nSPS) is 12.0. The van der Waals surface area contributed by atoms with Gasteiger partial charge in [0.1, 0.15) is 0 Å². The van der Waals surface area contributed by atoms with E-state index in [0.29, 0.717) is 4.75 Å². The van der Waals surface area contributed by atoms with Gasteiger partial charge in [-0.2, -0.15) is 11.8 Å². The zero-order valence-corrected chi connectivity index (χ0v) is 11.2. The van der Waals surface area contributed by atoms with Crippen LogP contribution in [0.1, 0.15) is 53.4 Å². The van der Waals surface area contributed by atoms with Crippen molar-refractivity contribution in [2.75, 3.05) is 18.8 Å². The molecule has 0 fully saturated rings. The Morgan fingerprint density at radius 3 is 2.29 bits per heavy atom. The van der Waals surface area contributed by atoms with E-state index in [-0.39, 0.29) is 0 Å². The molecule has 0 atom stereocenters. The molecule has 0 aliphatic rings. The highest BCUT2D eigenvalue weighted by Gasteiger charge is 2.08. The molecule has 0 unspecified atom stereocenters. The smallest absolute Gasteiger partial charge is 0.00755 e. The average molecular weight is 217 g/mol. The number of hydrogen-bond donors (Lipinski definition) is 1. The van der Waals surface area contributed by atoms with Crippen LogP contribution in [0, 0.1) is 0 Å². The van der Waals surface area contributed by atoms with Crippen LogP contribution in [0.15, 0.2) is 0 Å². The highest BCUT2D eigenvalue weighted by molar-refractivity contribution is 8.00. The summed E-state index contributed by atoms with van der Waals surface area (Å²) in [5, 5.41) is 3.50. The van der Waals surface area contributed by atoms with Crippen molar-refractivity contribution in [2.24, 2.45) is 0 Å². The Morgan fingerprint density at radius 2 is 1.71 bits per heavy atom. The fourth-order valence-electron chi connectivity index (χ4n) is 1.23. The first kappa shape index (κ1) is 14.3. The Hall–Kier alpha value is 0.310. The molecule has 0 saturated carbocycles. The highest BCUT2D eigenvalue weighted by atomic mass is 32.2. The van der Waals surface area contributed by atoms with Gasteiger partial charge in [-0.1, -0.05) is 47.0 Å². The minimum atomic E-state index is 0.421. The lowest BCUT2D eigenvalue weighted by atomic mass is 10.2. The summed E-state index contributed by atoms with van der Waals surface area (Å²) in [5.74, 6) is 1.23. The molecule has 0 rings (SSSR count). The molecule has 14 heavy (non-hydrogen) atoms. The molecule has 0 spiro atoms. The van der Waals surface area contributed by atoms with Gasteiger partial charge in [0.05, 0.1) is 0 Å². The van der Waals surface area contributed by atoms with Gasteiger partial charge in [0, 0.05) is 17.0 Å². The monoisotopic (exact) mass is 217 g/mol.